The molecule has 0 saturated heterocycles. The maximum atomic E-state index is 12.2. The average molecular weight is 376 g/mol. The first kappa shape index (κ1) is 24.7. The molecule has 0 amide bonds. The number of hydrogen-bond donors (Lipinski definition) is 1. The molecule has 1 N–H and O–H groups in total. The molecule has 0 radical (unpaired) electrons. The molecule has 0 aromatic carbocycles. The molecule has 1 atom stereocenters. The van der Waals surface area contributed by atoms with E-state index in [0.29, 0.717) is 25.2 Å². The van der Waals surface area contributed by atoms with Gasteiger partial charge in [0.1, 0.15) is 6.61 Å². The van der Waals surface area contributed by atoms with Crippen molar-refractivity contribution < 1.29 is 14.3 Å². The van der Waals surface area contributed by atoms with Crippen LogP contribution in [0.25, 0.3) is 0 Å². The minimum absolute atomic E-state index is 0.112. The first-order valence-corrected chi connectivity index (χ1v) is 11.7. The Labute approximate surface area is 156 Å². The molecular formula is C20H42NO3P. The maximum Gasteiger partial charge on any atom is 0.311 e. The van der Waals surface area contributed by atoms with Crippen molar-refractivity contribution in [3.8, 4) is 0 Å². The lowest BCUT2D eigenvalue weighted by atomic mass is 9.76. The molecule has 5 heteroatoms. The van der Waals surface area contributed by atoms with Gasteiger partial charge >= 0.3 is 5.97 Å². The van der Waals surface area contributed by atoms with Gasteiger partial charge < -0.3 is 14.8 Å². The highest BCUT2D eigenvalue weighted by molar-refractivity contribution is 7.56. The number of esters is 1. The molecule has 150 valence electrons. The van der Waals surface area contributed by atoms with Crippen molar-refractivity contribution in [2.45, 2.75) is 61.8 Å². The first-order chi connectivity index (χ1) is 11.2. The van der Waals surface area contributed by atoms with E-state index in [1.807, 2.05) is 19.8 Å². The van der Waals surface area contributed by atoms with E-state index < -0.39 is 13.0 Å². The Morgan fingerprint density at radius 2 is 1.52 bits per heavy atom. The number of nitrogens with one attached hydrogen (secondary N) is 1. The fourth-order valence-electron chi connectivity index (χ4n) is 3.14. The molecule has 0 aliphatic carbocycles. The fourth-order valence-corrected chi connectivity index (χ4v) is 5.30. The summed E-state index contributed by atoms with van der Waals surface area (Å²) in [5.41, 5.74) is 0.0376. The SMILES string of the molecule is C/[PH](=C\OCCNCCOC(=O)C(C)(C)CC(C)(C)C)CC(C)(C)C. The van der Waals surface area contributed by atoms with Gasteiger partial charge in [0, 0.05) is 19.1 Å². The number of ether oxygens (including phenoxy) is 2. The highest BCUT2D eigenvalue weighted by Gasteiger charge is 2.33. The van der Waals surface area contributed by atoms with E-state index >= 15 is 0 Å². The fraction of sp³-hybridized carbons (Fsp3) is 0.900. The first-order valence-electron chi connectivity index (χ1n) is 9.38. The van der Waals surface area contributed by atoms with Gasteiger partial charge in [0.25, 0.3) is 0 Å². The second-order valence-corrected chi connectivity index (χ2v) is 12.4. The number of hydrogen-bond acceptors (Lipinski definition) is 4. The van der Waals surface area contributed by atoms with Crippen molar-refractivity contribution in [3.05, 3.63) is 0 Å². The predicted molar refractivity (Wildman–Crippen MR) is 112 cm³/mol. The van der Waals surface area contributed by atoms with Crippen LogP contribution in [0.1, 0.15) is 61.8 Å². The molecule has 0 bridgehead atoms. The molecule has 0 aromatic heterocycles. The van der Waals surface area contributed by atoms with Crippen LogP contribution < -0.4 is 5.32 Å². The van der Waals surface area contributed by atoms with Crippen LogP contribution in [0.2, 0.25) is 0 Å². The van der Waals surface area contributed by atoms with E-state index in [9.17, 15) is 4.79 Å². The molecule has 0 fully saturated rings. The van der Waals surface area contributed by atoms with Crippen molar-refractivity contribution in [1.29, 1.82) is 0 Å². The van der Waals surface area contributed by atoms with Gasteiger partial charge in [0.15, 0.2) is 0 Å². The van der Waals surface area contributed by atoms with Crippen LogP contribution >= 0.6 is 7.55 Å². The Hall–Kier alpha value is -0.310. The summed E-state index contributed by atoms with van der Waals surface area (Å²) in [6.07, 6.45) is 2.02. The Balaban J connectivity index is 3.83. The molecule has 0 heterocycles. The molecule has 4 nitrogen and oxygen atoms in total. The summed E-state index contributed by atoms with van der Waals surface area (Å²) < 4.78 is 11.0. The topological polar surface area (TPSA) is 47.6 Å². The van der Waals surface area contributed by atoms with Gasteiger partial charge in [0.2, 0.25) is 0 Å². The normalized spacial score (nSPS) is 14.6. The van der Waals surface area contributed by atoms with E-state index in [1.165, 1.54) is 6.16 Å². The Morgan fingerprint density at radius 1 is 0.960 bits per heavy atom. The molecule has 0 rings (SSSR count). The van der Waals surface area contributed by atoms with Gasteiger partial charge in [-0.05, 0) is 43.9 Å². The van der Waals surface area contributed by atoms with Crippen molar-refractivity contribution >= 4 is 19.5 Å². The van der Waals surface area contributed by atoms with Gasteiger partial charge in [-0.3, -0.25) is 4.79 Å². The molecule has 25 heavy (non-hydrogen) atoms. The zero-order valence-corrected chi connectivity index (χ0v) is 19.0. The zero-order valence-electron chi connectivity index (χ0n) is 18.0. The molecule has 1 unspecified atom stereocenters. The summed E-state index contributed by atoms with van der Waals surface area (Å²) in [4.78, 5) is 12.2. The quantitative estimate of drug-likeness (QED) is 0.352. The van der Waals surface area contributed by atoms with Crippen molar-refractivity contribution in [1.82, 2.24) is 5.32 Å². The standard InChI is InChI=1S/C20H42NO3P/c1-18(2,3)14-20(7,8)17(22)24-13-11-21-10-12-23-16-25(9)15-19(4,5)6/h16,21,25H,10-15H2,1-9H3. The lowest BCUT2D eigenvalue weighted by Gasteiger charge is -2.30. The minimum atomic E-state index is -0.531. The van der Waals surface area contributed by atoms with Gasteiger partial charge in [0.05, 0.1) is 12.0 Å². The van der Waals surface area contributed by atoms with Crippen LogP contribution in [0.4, 0.5) is 0 Å². The highest BCUT2D eigenvalue weighted by atomic mass is 31.1. The molecular weight excluding hydrogens is 333 g/mol. The summed E-state index contributed by atoms with van der Waals surface area (Å²) in [5.74, 6) is 1.92. The smallest absolute Gasteiger partial charge is 0.311 e. The average Bonchev–Trinajstić information content (AvgIpc) is 2.36. The third-order valence-corrected chi connectivity index (χ3v) is 5.71. The van der Waals surface area contributed by atoms with Crippen molar-refractivity contribution in [2.24, 2.45) is 16.2 Å². The number of carbonyl (C=O) groups is 1. The van der Waals surface area contributed by atoms with Gasteiger partial charge in [-0.1, -0.05) is 49.1 Å². The zero-order chi connectivity index (χ0) is 19.7. The third kappa shape index (κ3) is 14.5. The van der Waals surface area contributed by atoms with Gasteiger partial charge in [-0.25, -0.2) is 0 Å². The summed E-state index contributed by atoms with van der Waals surface area (Å²) in [7, 11) is -0.531. The van der Waals surface area contributed by atoms with E-state index in [2.05, 4.69) is 53.5 Å². The summed E-state index contributed by atoms with van der Waals surface area (Å²) in [5, 5.41) is 3.25. The lowest BCUT2D eigenvalue weighted by Crippen LogP contribution is -2.33. The molecule has 0 aliphatic heterocycles. The van der Waals surface area contributed by atoms with Crippen LogP contribution in [-0.4, -0.2) is 51.1 Å². The number of carbonyl (C=O) groups excluding carboxylic acids is 1. The Morgan fingerprint density at radius 3 is 2.04 bits per heavy atom. The van der Waals surface area contributed by atoms with Crippen LogP contribution in [0, 0.1) is 16.2 Å². The van der Waals surface area contributed by atoms with Gasteiger partial charge in [-0.15, -0.1) is 0 Å². The molecule has 0 aromatic rings. The van der Waals surface area contributed by atoms with Crippen LogP contribution in [-0.2, 0) is 14.3 Å². The Kier molecular flexibility index (Phi) is 10.6. The number of rotatable bonds is 10. The third-order valence-electron chi connectivity index (χ3n) is 3.53. The van der Waals surface area contributed by atoms with E-state index in [1.54, 1.807) is 0 Å². The van der Waals surface area contributed by atoms with E-state index in [0.717, 1.165) is 13.0 Å². The lowest BCUT2D eigenvalue weighted by molar-refractivity contribution is -0.155. The molecule has 0 spiro atoms. The van der Waals surface area contributed by atoms with Gasteiger partial charge in [-0.2, -0.15) is 0 Å². The van der Waals surface area contributed by atoms with E-state index in [4.69, 9.17) is 9.47 Å². The summed E-state index contributed by atoms with van der Waals surface area (Å²) in [6.45, 7) is 21.9. The minimum Gasteiger partial charge on any atom is -0.464 e. The second kappa shape index (κ2) is 10.7. The van der Waals surface area contributed by atoms with Crippen LogP contribution in [0.15, 0.2) is 0 Å². The highest BCUT2D eigenvalue weighted by Crippen LogP contribution is 2.34. The van der Waals surface area contributed by atoms with Crippen molar-refractivity contribution in [2.75, 3.05) is 39.1 Å². The maximum absolute atomic E-state index is 12.2. The molecule has 0 aliphatic rings. The summed E-state index contributed by atoms with van der Waals surface area (Å²) in [6, 6.07) is 0. The molecule has 0 saturated carbocycles. The predicted octanol–water partition coefficient (Wildman–Crippen LogP) is 4.25. The monoisotopic (exact) mass is 375 g/mol. The second-order valence-electron chi connectivity index (χ2n) is 10.1. The van der Waals surface area contributed by atoms with Crippen LogP contribution in [0.5, 0.6) is 0 Å². The van der Waals surface area contributed by atoms with Crippen LogP contribution in [0.3, 0.4) is 0 Å². The largest absolute Gasteiger partial charge is 0.464 e. The van der Waals surface area contributed by atoms with Crippen molar-refractivity contribution in [3.63, 3.8) is 0 Å². The van der Waals surface area contributed by atoms with E-state index in [-0.39, 0.29) is 11.4 Å². The summed E-state index contributed by atoms with van der Waals surface area (Å²) >= 11 is 0. The Bertz CT molecular complexity index is 431.